The van der Waals surface area contributed by atoms with E-state index in [1.165, 1.54) is 35.4 Å². The molecule has 0 aliphatic heterocycles. The van der Waals surface area contributed by atoms with Gasteiger partial charge in [0, 0.05) is 22.5 Å². The SMILES string of the molecule is CC.COC(=O)N(c1cc(-n2ncnc2C(C)Nc2ncnc3c(C(F)(F)F)cc(Cl)cc23)ncn1)C1CC1. The highest BCUT2D eigenvalue weighted by Crippen LogP contribution is 2.38. The Kier molecular flexibility index (Phi) is 8.14. The molecule has 1 aromatic carbocycles. The molecule has 1 amide bonds. The summed E-state index contributed by atoms with van der Waals surface area (Å²) in [6.07, 6.45) is 0.128. The van der Waals surface area contributed by atoms with Gasteiger partial charge >= 0.3 is 12.3 Å². The summed E-state index contributed by atoms with van der Waals surface area (Å²) in [5, 5.41) is 7.30. The summed E-state index contributed by atoms with van der Waals surface area (Å²) in [4.78, 5) is 34.5. The second-order valence-electron chi connectivity index (χ2n) is 8.27. The fraction of sp³-hybridized carbons (Fsp3) is 0.375. The summed E-state index contributed by atoms with van der Waals surface area (Å²) in [6.45, 7) is 5.73. The number of nitrogens with one attached hydrogen (secondary N) is 1. The largest absolute Gasteiger partial charge is 0.452 e. The van der Waals surface area contributed by atoms with Crippen molar-refractivity contribution in [2.24, 2.45) is 0 Å². The summed E-state index contributed by atoms with van der Waals surface area (Å²) >= 11 is 5.98. The van der Waals surface area contributed by atoms with Crippen molar-refractivity contribution in [1.82, 2.24) is 34.7 Å². The highest BCUT2D eigenvalue weighted by Gasteiger charge is 2.36. The van der Waals surface area contributed by atoms with Crippen LogP contribution in [-0.4, -0.2) is 53.9 Å². The van der Waals surface area contributed by atoms with Gasteiger partial charge in [-0.3, -0.25) is 4.90 Å². The van der Waals surface area contributed by atoms with Crippen LogP contribution in [0.25, 0.3) is 16.7 Å². The zero-order chi connectivity index (χ0) is 28.3. The van der Waals surface area contributed by atoms with Crippen LogP contribution in [0.2, 0.25) is 5.02 Å². The number of carbonyl (C=O) groups excluding carboxylic acids is 1. The maximum absolute atomic E-state index is 13.6. The Balaban J connectivity index is 0.00000172. The van der Waals surface area contributed by atoms with Crippen LogP contribution in [0.4, 0.5) is 29.6 Å². The number of benzene rings is 1. The third-order valence-corrected chi connectivity index (χ3v) is 5.93. The molecule has 15 heteroatoms. The molecule has 1 aliphatic rings. The molecular formula is C24H25ClF3N9O2. The summed E-state index contributed by atoms with van der Waals surface area (Å²) in [6, 6.07) is 3.17. The molecule has 1 aliphatic carbocycles. The lowest BCUT2D eigenvalue weighted by atomic mass is 10.1. The molecule has 3 aromatic heterocycles. The third kappa shape index (κ3) is 5.85. The van der Waals surface area contributed by atoms with E-state index in [-0.39, 0.29) is 27.8 Å². The zero-order valence-corrected chi connectivity index (χ0v) is 22.2. The Bertz CT molecular complexity index is 1480. The first-order valence-corrected chi connectivity index (χ1v) is 12.4. The molecule has 1 fully saturated rings. The summed E-state index contributed by atoms with van der Waals surface area (Å²) in [7, 11) is 1.30. The molecule has 1 N–H and O–H groups in total. The maximum Gasteiger partial charge on any atom is 0.418 e. The summed E-state index contributed by atoms with van der Waals surface area (Å²) in [5.74, 6) is 1.19. The number of rotatable bonds is 6. The van der Waals surface area contributed by atoms with Gasteiger partial charge in [0.1, 0.15) is 30.6 Å². The molecule has 1 atom stereocenters. The second kappa shape index (κ2) is 11.4. The number of methoxy groups -OCH3 is 1. The van der Waals surface area contributed by atoms with E-state index in [1.54, 1.807) is 13.0 Å². The van der Waals surface area contributed by atoms with Gasteiger partial charge in [-0.15, -0.1) is 0 Å². The molecule has 0 spiro atoms. The molecule has 0 radical (unpaired) electrons. The molecular weight excluding hydrogens is 539 g/mol. The monoisotopic (exact) mass is 563 g/mol. The van der Waals surface area contributed by atoms with Crippen LogP contribution in [0.15, 0.2) is 37.2 Å². The van der Waals surface area contributed by atoms with Gasteiger partial charge < -0.3 is 10.1 Å². The highest BCUT2D eigenvalue weighted by atomic mass is 35.5. The number of alkyl halides is 3. The van der Waals surface area contributed by atoms with Crippen molar-refractivity contribution in [1.29, 1.82) is 0 Å². The predicted octanol–water partition coefficient (Wildman–Crippen LogP) is 5.61. The minimum atomic E-state index is -4.65. The molecule has 206 valence electrons. The maximum atomic E-state index is 13.6. The van der Waals surface area contributed by atoms with Crippen molar-refractivity contribution in [2.75, 3.05) is 17.3 Å². The van der Waals surface area contributed by atoms with Crippen LogP contribution in [0, 0.1) is 0 Å². The number of hydrogen-bond donors (Lipinski definition) is 1. The number of amides is 1. The van der Waals surface area contributed by atoms with E-state index in [0.29, 0.717) is 17.5 Å². The number of anilines is 2. The van der Waals surface area contributed by atoms with Crippen molar-refractivity contribution in [3.8, 4) is 5.82 Å². The third-order valence-electron chi connectivity index (χ3n) is 5.71. The lowest BCUT2D eigenvalue weighted by Gasteiger charge is -2.20. The minimum absolute atomic E-state index is 0.00883. The smallest absolute Gasteiger partial charge is 0.418 e. The van der Waals surface area contributed by atoms with E-state index in [4.69, 9.17) is 16.3 Å². The molecule has 1 unspecified atom stereocenters. The van der Waals surface area contributed by atoms with Crippen molar-refractivity contribution in [3.05, 3.63) is 53.6 Å². The lowest BCUT2D eigenvalue weighted by Crippen LogP contribution is -2.33. The van der Waals surface area contributed by atoms with E-state index in [2.05, 4.69) is 35.3 Å². The van der Waals surface area contributed by atoms with Gasteiger partial charge in [-0.1, -0.05) is 25.4 Å². The standard InChI is InChI=1S/C22H19ClF3N9O2.C2H6/c1-11(33-19-14-5-12(23)6-15(22(24,25)26)18(14)29-9-30-19)20-31-10-32-35(20)17-7-16(27-8-28-17)34(13-3-4-13)21(36)37-2;1-2/h5-11,13H,3-4H2,1-2H3,(H,29,30,33);1-2H3. The van der Waals surface area contributed by atoms with Gasteiger partial charge in [-0.2, -0.15) is 23.0 Å². The minimum Gasteiger partial charge on any atom is -0.452 e. The van der Waals surface area contributed by atoms with Crippen molar-refractivity contribution < 1.29 is 22.7 Å². The van der Waals surface area contributed by atoms with Crippen molar-refractivity contribution >= 4 is 40.2 Å². The first kappa shape index (κ1) is 28.0. The summed E-state index contributed by atoms with van der Waals surface area (Å²) in [5.41, 5.74) is -1.25. The van der Waals surface area contributed by atoms with Gasteiger partial charge in [0.25, 0.3) is 0 Å². The molecule has 0 saturated heterocycles. The van der Waals surface area contributed by atoms with Crippen LogP contribution in [0.5, 0.6) is 0 Å². The first-order chi connectivity index (χ1) is 18.7. The number of halogens is 4. The molecule has 5 rings (SSSR count). The number of hydrogen-bond acceptors (Lipinski definition) is 9. The average Bonchev–Trinajstić information content (AvgIpc) is 3.62. The summed E-state index contributed by atoms with van der Waals surface area (Å²) < 4.78 is 47.0. The topological polar surface area (TPSA) is 124 Å². The molecule has 1 saturated carbocycles. The van der Waals surface area contributed by atoms with Crippen molar-refractivity contribution in [3.63, 3.8) is 0 Å². The molecule has 0 bridgehead atoms. The van der Waals surface area contributed by atoms with Crippen LogP contribution in [0.1, 0.15) is 51.0 Å². The Morgan fingerprint density at radius 2 is 1.82 bits per heavy atom. The van der Waals surface area contributed by atoms with Gasteiger partial charge in [0.05, 0.1) is 24.2 Å². The molecule has 39 heavy (non-hydrogen) atoms. The van der Waals surface area contributed by atoms with Crippen LogP contribution in [-0.2, 0) is 10.9 Å². The van der Waals surface area contributed by atoms with Gasteiger partial charge in [-0.05, 0) is 31.9 Å². The number of nitrogens with zero attached hydrogens (tertiary/aromatic N) is 8. The van der Waals surface area contributed by atoms with E-state index in [1.807, 2.05) is 13.8 Å². The normalized spacial score (nSPS) is 13.8. The first-order valence-electron chi connectivity index (χ1n) is 12.0. The zero-order valence-electron chi connectivity index (χ0n) is 21.4. The average molecular weight is 564 g/mol. The number of aromatic nitrogens is 7. The van der Waals surface area contributed by atoms with Gasteiger partial charge in [0.15, 0.2) is 11.6 Å². The Morgan fingerprint density at radius 3 is 2.49 bits per heavy atom. The fourth-order valence-corrected chi connectivity index (χ4v) is 4.12. The van der Waals surface area contributed by atoms with Crippen LogP contribution < -0.4 is 10.2 Å². The Morgan fingerprint density at radius 1 is 1.10 bits per heavy atom. The van der Waals surface area contributed by atoms with Gasteiger partial charge in [0.2, 0.25) is 0 Å². The number of fused-ring (bicyclic) bond motifs is 1. The van der Waals surface area contributed by atoms with Crippen LogP contribution >= 0.6 is 11.6 Å². The quantitative estimate of drug-likeness (QED) is 0.319. The van der Waals surface area contributed by atoms with E-state index >= 15 is 0 Å². The van der Waals surface area contributed by atoms with Crippen molar-refractivity contribution in [2.45, 2.75) is 51.9 Å². The number of ether oxygens (including phenoxy) is 1. The molecule has 11 nitrogen and oxygen atoms in total. The van der Waals surface area contributed by atoms with Gasteiger partial charge in [-0.25, -0.2) is 29.7 Å². The van der Waals surface area contributed by atoms with Crippen LogP contribution in [0.3, 0.4) is 0 Å². The predicted molar refractivity (Wildman–Crippen MR) is 138 cm³/mol. The Labute approximate surface area is 226 Å². The lowest BCUT2D eigenvalue weighted by molar-refractivity contribution is -0.136. The van der Waals surface area contributed by atoms with E-state index in [9.17, 15) is 18.0 Å². The fourth-order valence-electron chi connectivity index (χ4n) is 3.90. The second-order valence-corrected chi connectivity index (χ2v) is 8.71. The Hall–Kier alpha value is -4.07. The highest BCUT2D eigenvalue weighted by molar-refractivity contribution is 6.31. The van der Waals surface area contributed by atoms with E-state index < -0.39 is 23.9 Å². The van der Waals surface area contributed by atoms with E-state index in [0.717, 1.165) is 25.2 Å². The number of carbonyl (C=O) groups is 1. The molecule has 3 heterocycles. The molecule has 4 aromatic rings.